The topological polar surface area (TPSA) is 87.2 Å². The fraction of sp³-hybridized carbons (Fsp3) is 0.500. The molecule has 0 amide bonds. The van der Waals surface area contributed by atoms with E-state index >= 15 is 0 Å². The molecule has 1 aromatic carbocycles. The number of benzene rings is 1. The molecule has 0 radical (unpaired) electrons. The number of nitrogens with two attached hydrogens (primary N) is 1. The second-order valence-electron chi connectivity index (χ2n) is 5.17. The molecule has 0 heterocycles. The fourth-order valence-electron chi connectivity index (χ4n) is 2.15. The van der Waals surface area contributed by atoms with E-state index in [1.807, 2.05) is 30.3 Å². The van der Waals surface area contributed by atoms with Gasteiger partial charge in [0.15, 0.2) is 0 Å². The lowest BCUT2D eigenvalue weighted by molar-refractivity contribution is 0.412. The van der Waals surface area contributed by atoms with Crippen LogP contribution in [0.1, 0.15) is 24.8 Å². The van der Waals surface area contributed by atoms with Gasteiger partial charge >= 0.3 is 0 Å². The quantitative estimate of drug-likeness (QED) is 0.560. The second-order valence-corrected chi connectivity index (χ2v) is 7.21. The number of hydrogen-bond donors (Lipinski definition) is 2. The Labute approximate surface area is 120 Å². The van der Waals surface area contributed by atoms with Crippen molar-refractivity contribution in [1.82, 2.24) is 4.31 Å². The summed E-state index contributed by atoms with van der Waals surface area (Å²) < 4.78 is 26.4. The zero-order valence-electron chi connectivity index (χ0n) is 11.5. The lowest BCUT2D eigenvalue weighted by Gasteiger charge is -2.21. The van der Waals surface area contributed by atoms with E-state index in [1.54, 1.807) is 0 Å². The van der Waals surface area contributed by atoms with E-state index in [1.165, 1.54) is 4.31 Å². The predicted molar refractivity (Wildman–Crippen MR) is 80.2 cm³/mol. The van der Waals surface area contributed by atoms with E-state index in [9.17, 15) is 8.42 Å². The Balaban J connectivity index is 1.97. The highest BCUT2D eigenvalue weighted by Gasteiger charge is 2.36. The van der Waals surface area contributed by atoms with Gasteiger partial charge in [0.05, 0.1) is 11.6 Å². The monoisotopic (exact) mass is 295 g/mol. The van der Waals surface area contributed by atoms with Crippen LogP contribution in [0.15, 0.2) is 30.3 Å². The highest BCUT2D eigenvalue weighted by atomic mass is 32.2. The van der Waals surface area contributed by atoms with Crippen molar-refractivity contribution in [2.45, 2.75) is 31.7 Å². The van der Waals surface area contributed by atoms with E-state index < -0.39 is 10.0 Å². The Morgan fingerprint density at radius 1 is 1.30 bits per heavy atom. The first-order chi connectivity index (χ1) is 9.49. The summed E-state index contributed by atoms with van der Waals surface area (Å²) in [6, 6.07) is 9.74. The average molecular weight is 295 g/mol. The van der Waals surface area contributed by atoms with E-state index in [0.29, 0.717) is 19.4 Å². The minimum absolute atomic E-state index is 0.0360. The third-order valence-electron chi connectivity index (χ3n) is 3.40. The fourth-order valence-corrected chi connectivity index (χ4v) is 3.91. The third kappa shape index (κ3) is 4.31. The molecule has 0 bridgehead atoms. The van der Waals surface area contributed by atoms with Crippen LogP contribution in [0, 0.1) is 5.41 Å². The maximum absolute atomic E-state index is 12.4. The summed E-state index contributed by atoms with van der Waals surface area (Å²) in [7, 11) is -3.27. The summed E-state index contributed by atoms with van der Waals surface area (Å²) in [6.07, 6.45) is 2.67. The molecule has 3 N–H and O–H groups in total. The number of nitrogens with zero attached hydrogens (tertiary/aromatic N) is 1. The van der Waals surface area contributed by atoms with Crippen molar-refractivity contribution in [2.75, 3.05) is 12.3 Å². The molecule has 0 spiro atoms. The number of hydrogen-bond acceptors (Lipinski definition) is 3. The minimum Gasteiger partial charge on any atom is -0.388 e. The van der Waals surface area contributed by atoms with Crippen LogP contribution in [0.2, 0.25) is 0 Å². The molecule has 0 aliphatic heterocycles. The van der Waals surface area contributed by atoms with Crippen LogP contribution in [0.5, 0.6) is 0 Å². The smallest absolute Gasteiger partial charge is 0.214 e. The van der Waals surface area contributed by atoms with Gasteiger partial charge in [-0.15, -0.1) is 0 Å². The summed E-state index contributed by atoms with van der Waals surface area (Å²) in [6.45, 7) is 0.330. The maximum atomic E-state index is 12.4. The Kier molecular flexibility index (Phi) is 4.77. The van der Waals surface area contributed by atoms with Crippen molar-refractivity contribution >= 4 is 15.9 Å². The average Bonchev–Trinajstić information content (AvgIpc) is 3.22. The van der Waals surface area contributed by atoms with Crippen molar-refractivity contribution in [3.63, 3.8) is 0 Å². The summed E-state index contributed by atoms with van der Waals surface area (Å²) in [4.78, 5) is 0. The molecule has 20 heavy (non-hydrogen) atoms. The van der Waals surface area contributed by atoms with Crippen LogP contribution in [0.25, 0.3) is 0 Å². The number of rotatable bonds is 8. The van der Waals surface area contributed by atoms with Crippen molar-refractivity contribution in [3.8, 4) is 0 Å². The zero-order valence-corrected chi connectivity index (χ0v) is 12.3. The lowest BCUT2D eigenvalue weighted by atomic mass is 10.2. The largest absolute Gasteiger partial charge is 0.388 e. The number of amidine groups is 1. The first kappa shape index (κ1) is 15.0. The Bertz CT molecular complexity index is 553. The van der Waals surface area contributed by atoms with Gasteiger partial charge in [-0.05, 0) is 24.8 Å². The number of sulfonamides is 1. The highest BCUT2D eigenvalue weighted by Crippen LogP contribution is 2.29. The molecule has 0 atom stereocenters. The molecule has 1 saturated carbocycles. The van der Waals surface area contributed by atoms with E-state index in [-0.39, 0.29) is 17.6 Å². The number of aryl methyl sites for hydroxylation is 1. The highest BCUT2D eigenvalue weighted by molar-refractivity contribution is 7.89. The van der Waals surface area contributed by atoms with Crippen LogP contribution < -0.4 is 5.73 Å². The SMILES string of the molecule is N=C(N)CCN(C1CC1)S(=O)(=O)CCc1ccccc1. The van der Waals surface area contributed by atoms with Gasteiger partial charge < -0.3 is 5.73 Å². The van der Waals surface area contributed by atoms with Gasteiger partial charge in [-0.3, -0.25) is 5.41 Å². The van der Waals surface area contributed by atoms with Gasteiger partial charge in [-0.25, -0.2) is 8.42 Å². The van der Waals surface area contributed by atoms with Crippen LogP contribution >= 0.6 is 0 Å². The molecule has 6 heteroatoms. The predicted octanol–water partition coefficient (Wildman–Crippen LogP) is 1.35. The van der Waals surface area contributed by atoms with Crippen LogP contribution in [-0.2, 0) is 16.4 Å². The van der Waals surface area contributed by atoms with Gasteiger partial charge in [-0.2, -0.15) is 4.31 Å². The summed E-state index contributed by atoms with van der Waals surface area (Å²) in [5.41, 5.74) is 6.36. The molecule has 1 aliphatic carbocycles. The normalized spacial score (nSPS) is 15.4. The first-order valence-corrected chi connectivity index (χ1v) is 8.46. The van der Waals surface area contributed by atoms with Crippen LogP contribution in [0.4, 0.5) is 0 Å². The molecule has 1 aromatic rings. The Morgan fingerprint density at radius 3 is 2.50 bits per heavy atom. The van der Waals surface area contributed by atoms with E-state index in [2.05, 4.69) is 0 Å². The third-order valence-corrected chi connectivity index (χ3v) is 5.32. The Hall–Kier alpha value is -1.40. The van der Waals surface area contributed by atoms with Gasteiger partial charge in [0.25, 0.3) is 0 Å². The van der Waals surface area contributed by atoms with Gasteiger partial charge in [0, 0.05) is 19.0 Å². The van der Waals surface area contributed by atoms with Gasteiger partial charge in [0.1, 0.15) is 0 Å². The van der Waals surface area contributed by atoms with Crippen molar-refractivity contribution < 1.29 is 8.42 Å². The molecule has 0 unspecified atom stereocenters. The molecule has 0 aromatic heterocycles. The molecule has 110 valence electrons. The van der Waals surface area contributed by atoms with E-state index in [0.717, 1.165) is 18.4 Å². The maximum Gasteiger partial charge on any atom is 0.214 e. The molecule has 1 fully saturated rings. The molecule has 1 aliphatic rings. The molecule has 5 nitrogen and oxygen atoms in total. The van der Waals surface area contributed by atoms with Crippen LogP contribution in [-0.4, -0.2) is 36.9 Å². The van der Waals surface area contributed by atoms with E-state index in [4.69, 9.17) is 11.1 Å². The Morgan fingerprint density at radius 2 is 1.95 bits per heavy atom. The molecular formula is C14H21N3O2S. The molecule has 2 rings (SSSR count). The van der Waals surface area contributed by atoms with Crippen molar-refractivity contribution in [1.29, 1.82) is 5.41 Å². The minimum atomic E-state index is -3.27. The zero-order chi connectivity index (χ0) is 14.6. The first-order valence-electron chi connectivity index (χ1n) is 6.85. The number of nitrogens with one attached hydrogen (secondary N) is 1. The standard InChI is InChI=1S/C14H21N3O2S/c15-14(16)8-10-17(13-6-7-13)20(18,19)11-9-12-4-2-1-3-5-12/h1-5,13H,6-11H2,(H3,15,16). The lowest BCUT2D eigenvalue weighted by Crippen LogP contribution is -2.37. The van der Waals surface area contributed by atoms with Crippen molar-refractivity contribution in [2.24, 2.45) is 5.73 Å². The van der Waals surface area contributed by atoms with Crippen LogP contribution in [0.3, 0.4) is 0 Å². The second kappa shape index (κ2) is 6.37. The van der Waals surface area contributed by atoms with Gasteiger partial charge in [-0.1, -0.05) is 30.3 Å². The van der Waals surface area contributed by atoms with Crippen molar-refractivity contribution in [3.05, 3.63) is 35.9 Å². The summed E-state index contributed by atoms with van der Waals surface area (Å²) >= 11 is 0. The molecule has 0 saturated heterocycles. The van der Waals surface area contributed by atoms with Gasteiger partial charge in [0.2, 0.25) is 10.0 Å². The summed E-state index contributed by atoms with van der Waals surface area (Å²) in [5.74, 6) is 0.153. The molecular weight excluding hydrogens is 274 g/mol. The summed E-state index contributed by atoms with van der Waals surface area (Å²) in [5, 5.41) is 7.25.